The van der Waals surface area contributed by atoms with E-state index in [9.17, 15) is 9.59 Å². The van der Waals surface area contributed by atoms with E-state index in [-0.39, 0.29) is 18.7 Å². The van der Waals surface area contributed by atoms with E-state index in [0.717, 1.165) is 22.2 Å². The number of anilines is 3. The van der Waals surface area contributed by atoms with Crippen molar-refractivity contribution in [3.8, 4) is 0 Å². The van der Waals surface area contributed by atoms with Crippen molar-refractivity contribution in [2.24, 2.45) is 0 Å². The molecular weight excluding hydrogens is 408 g/mol. The molecule has 4 rings (SSSR count). The molecule has 32 heavy (non-hydrogen) atoms. The van der Waals surface area contributed by atoms with Crippen molar-refractivity contribution in [2.45, 2.75) is 19.7 Å². The number of nitrogens with one attached hydrogen (secondary N) is 3. The molecule has 1 atom stereocenters. The van der Waals surface area contributed by atoms with Gasteiger partial charge in [0.05, 0.1) is 5.52 Å². The lowest BCUT2D eigenvalue weighted by Crippen LogP contribution is -2.38. The molecule has 2 aromatic carbocycles. The van der Waals surface area contributed by atoms with Crippen LogP contribution in [0.25, 0.3) is 10.9 Å². The molecule has 0 spiro atoms. The van der Waals surface area contributed by atoms with Gasteiger partial charge in [0.1, 0.15) is 5.69 Å². The van der Waals surface area contributed by atoms with Crippen LogP contribution in [-0.2, 0) is 16.1 Å². The Bertz CT molecular complexity index is 1280. The third-order valence-corrected chi connectivity index (χ3v) is 4.95. The normalized spacial score (nSPS) is 11.9. The first-order valence-corrected chi connectivity index (χ1v) is 10.2. The quantitative estimate of drug-likeness (QED) is 0.339. The van der Waals surface area contributed by atoms with Crippen LogP contribution in [0.3, 0.4) is 0 Å². The first-order valence-electron chi connectivity index (χ1n) is 10.2. The van der Waals surface area contributed by atoms with Crippen LogP contribution in [0, 0.1) is 0 Å². The lowest BCUT2D eigenvalue weighted by molar-refractivity contribution is -0.139. The number of hydrogen-bond donors (Lipinski definition) is 4. The highest BCUT2D eigenvalue weighted by molar-refractivity contribution is 5.89. The van der Waals surface area contributed by atoms with E-state index in [0.29, 0.717) is 11.5 Å². The Morgan fingerprint density at radius 3 is 2.78 bits per heavy atom. The smallest absolute Gasteiger partial charge is 0.276 e. The number of nitrogens with two attached hydrogens (primary N) is 1. The molecule has 9 heteroatoms. The van der Waals surface area contributed by atoms with Gasteiger partial charge < -0.3 is 21.1 Å². The van der Waals surface area contributed by atoms with Gasteiger partial charge in [-0.15, -0.1) is 0 Å². The standard InChI is InChI=1S/C23H24N6O3/c1-2-32-23(21(30)25-14-15-10-11-17-19(13-15)27-28-20(17)24)29-12-6-9-18(22(29)31)26-16-7-4-3-5-8-16/h3-13,23,26H,2,14H2,1H3,(H,25,30)(H3,24,27,28)/t23-/m0/s1. The molecule has 5 N–H and O–H groups in total. The number of benzene rings is 2. The molecule has 4 aromatic rings. The number of rotatable bonds is 8. The zero-order valence-electron chi connectivity index (χ0n) is 17.5. The van der Waals surface area contributed by atoms with Gasteiger partial charge in [-0.2, -0.15) is 5.10 Å². The summed E-state index contributed by atoms with van der Waals surface area (Å²) in [6.07, 6.45) is 0.439. The number of carbonyl (C=O) groups excluding carboxylic acids is 1. The minimum absolute atomic E-state index is 0.258. The van der Waals surface area contributed by atoms with Gasteiger partial charge in [0.25, 0.3) is 11.5 Å². The first-order chi connectivity index (χ1) is 15.6. The average molecular weight is 432 g/mol. The highest BCUT2D eigenvalue weighted by Gasteiger charge is 2.22. The fourth-order valence-corrected chi connectivity index (χ4v) is 3.38. The lowest BCUT2D eigenvalue weighted by Gasteiger charge is -2.20. The molecule has 9 nitrogen and oxygen atoms in total. The maximum Gasteiger partial charge on any atom is 0.276 e. The Balaban J connectivity index is 1.52. The van der Waals surface area contributed by atoms with Gasteiger partial charge in [0.15, 0.2) is 5.82 Å². The molecule has 1 amide bonds. The van der Waals surface area contributed by atoms with Gasteiger partial charge in [0.2, 0.25) is 6.23 Å². The molecular formula is C23H24N6O3. The second-order valence-electron chi connectivity index (χ2n) is 7.14. The van der Waals surface area contributed by atoms with Crippen LogP contribution >= 0.6 is 0 Å². The number of pyridine rings is 1. The van der Waals surface area contributed by atoms with Crippen molar-refractivity contribution in [3.05, 3.63) is 82.8 Å². The Morgan fingerprint density at radius 1 is 1.19 bits per heavy atom. The van der Waals surface area contributed by atoms with E-state index in [1.54, 1.807) is 19.1 Å². The van der Waals surface area contributed by atoms with Crippen LogP contribution < -0.4 is 21.9 Å². The fraction of sp³-hybridized carbons (Fsp3) is 0.174. The molecule has 0 aliphatic carbocycles. The molecule has 0 saturated carbocycles. The molecule has 2 heterocycles. The van der Waals surface area contributed by atoms with E-state index >= 15 is 0 Å². The third-order valence-electron chi connectivity index (χ3n) is 4.95. The highest BCUT2D eigenvalue weighted by atomic mass is 16.5. The van der Waals surface area contributed by atoms with Crippen molar-refractivity contribution >= 4 is 34.0 Å². The van der Waals surface area contributed by atoms with Crippen molar-refractivity contribution < 1.29 is 9.53 Å². The molecule has 0 fully saturated rings. The molecule has 0 bridgehead atoms. The molecule has 2 aromatic heterocycles. The van der Waals surface area contributed by atoms with Crippen LogP contribution in [0.4, 0.5) is 17.2 Å². The van der Waals surface area contributed by atoms with Crippen LogP contribution in [0.15, 0.2) is 71.7 Å². The summed E-state index contributed by atoms with van der Waals surface area (Å²) < 4.78 is 6.91. The number of ether oxygens (including phenoxy) is 1. The average Bonchev–Trinajstić information content (AvgIpc) is 3.18. The molecule has 0 unspecified atom stereocenters. The Labute approximate surface area is 184 Å². The summed E-state index contributed by atoms with van der Waals surface area (Å²) in [5.41, 5.74) is 8.19. The van der Waals surface area contributed by atoms with Gasteiger partial charge in [-0.1, -0.05) is 24.3 Å². The number of nitrogen functional groups attached to an aromatic ring is 1. The minimum atomic E-state index is -1.10. The maximum atomic E-state index is 13.0. The highest BCUT2D eigenvalue weighted by Crippen LogP contribution is 2.19. The number of fused-ring (bicyclic) bond motifs is 1. The first kappa shape index (κ1) is 21.1. The van der Waals surface area contributed by atoms with Gasteiger partial charge in [-0.25, -0.2) is 0 Å². The third kappa shape index (κ3) is 4.47. The minimum Gasteiger partial charge on any atom is -0.382 e. The van der Waals surface area contributed by atoms with Crippen molar-refractivity contribution in [2.75, 3.05) is 17.7 Å². The van der Waals surface area contributed by atoms with E-state index in [1.165, 1.54) is 10.8 Å². The van der Waals surface area contributed by atoms with Crippen LogP contribution in [0.1, 0.15) is 18.7 Å². The molecule has 0 radical (unpaired) electrons. The monoisotopic (exact) mass is 432 g/mol. The number of aromatic nitrogens is 3. The van der Waals surface area contributed by atoms with E-state index in [4.69, 9.17) is 10.5 Å². The summed E-state index contributed by atoms with van der Waals surface area (Å²) in [7, 11) is 0. The van der Waals surface area contributed by atoms with Crippen molar-refractivity contribution in [1.29, 1.82) is 0 Å². The summed E-state index contributed by atoms with van der Waals surface area (Å²) in [6, 6.07) is 18.3. The van der Waals surface area contributed by atoms with E-state index in [1.807, 2.05) is 48.5 Å². The maximum absolute atomic E-state index is 13.0. The van der Waals surface area contributed by atoms with Crippen molar-refractivity contribution in [3.63, 3.8) is 0 Å². The number of carbonyl (C=O) groups is 1. The number of aromatic amines is 1. The lowest BCUT2D eigenvalue weighted by atomic mass is 10.1. The van der Waals surface area contributed by atoms with Gasteiger partial charge >= 0.3 is 0 Å². The van der Waals surface area contributed by atoms with Crippen molar-refractivity contribution in [1.82, 2.24) is 20.1 Å². The number of H-pyrrole nitrogens is 1. The topological polar surface area (TPSA) is 127 Å². The van der Waals surface area contributed by atoms with E-state index < -0.39 is 12.1 Å². The summed E-state index contributed by atoms with van der Waals surface area (Å²) in [5, 5.41) is 13.6. The summed E-state index contributed by atoms with van der Waals surface area (Å²) in [5.74, 6) is 0.00500. The second-order valence-corrected chi connectivity index (χ2v) is 7.14. The van der Waals surface area contributed by atoms with E-state index in [2.05, 4.69) is 20.8 Å². The van der Waals surface area contributed by atoms with Gasteiger partial charge in [-0.3, -0.25) is 19.3 Å². The molecule has 0 saturated heterocycles. The summed E-state index contributed by atoms with van der Waals surface area (Å²) >= 11 is 0. The van der Waals surface area contributed by atoms with Crippen LogP contribution in [0.5, 0.6) is 0 Å². The molecule has 164 valence electrons. The number of nitrogens with zero attached hydrogens (tertiary/aromatic N) is 2. The summed E-state index contributed by atoms with van der Waals surface area (Å²) in [6.45, 7) is 2.29. The summed E-state index contributed by atoms with van der Waals surface area (Å²) in [4.78, 5) is 26.0. The van der Waals surface area contributed by atoms with Crippen LogP contribution in [0.2, 0.25) is 0 Å². The SMILES string of the molecule is CCO[C@@H](C(=O)NCc1ccc2c(N)n[nH]c2c1)n1cccc(Nc2ccccc2)c1=O. The zero-order chi connectivity index (χ0) is 22.5. The Morgan fingerprint density at radius 2 is 2.00 bits per heavy atom. The second kappa shape index (κ2) is 9.36. The Hall–Kier alpha value is -4.11. The Kier molecular flexibility index (Phi) is 6.18. The fourth-order valence-electron chi connectivity index (χ4n) is 3.38. The zero-order valence-corrected chi connectivity index (χ0v) is 17.5. The predicted molar refractivity (Wildman–Crippen MR) is 123 cm³/mol. The largest absolute Gasteiger partial charge is 0.382 e. The number of amides is 1. The molecule has 0 aliphatic rings. The van der Waals surface area contributed by atoms with Gasteiger partial charge in [0, 0.05) is 30.4 Å². The number of hydrogen-bond acceptors (Lipinski definition) is 6. The number of para-hydroxylation sites is 1. The molecule has 0 aliphatic heterocycles. The van der Waals surface area contributed by atoms with Gasteiger partial charge in [-0.05, 0) is 48.9 Å². The van der Waals surface area contributed by atoms with Crippen LogP contribution in [-0.4, -0.2) is 27.3 Å². The predicted octanol–water partition coefficient (Wildman–Crippen LogP) is 2.90.